The molecule has 234 valence electrons. The van der Waals surface area contributed by atoms with Crippen LogP contribution in [-0.2, 0) is 6.54 Å². The van der Waals surface area contributed by atoms with Crippen LogP contribution in [-0.4, -0.2) is 48.1 Å². The van der Waals surface area contributed by atoms with Crippen molar-refractivity contribution in [1.29, 1.82) is 5.26 Å². The molecule has 1 aliphatic heterocycles. The second-order valence-electron chi connectivity index (χ2n) is 11.4. The number of halogens is 3. The van der Waals surface area contributed by atoms with Gasteiger partial charge in [0.25, 0.3) is 0 Å². The van der Waals surface area contributed by atoms with Crippen LogP contribution in [0.1, 0.15) is 36.6 Å². The first kappa shape index (κ1) is 32.3. The average molecular weight is 649 g/mol. The van der Waals surface area contributed by atoms with Gasteiger partial charge in [-0.05, 0) is 69.4 Å². The Labute approximate surface area is 273 Å². The number of hydrogen-bond donors (Lipinski definition) is 5. The summed E-state index contributed by atoms with van der Waals surface area (Å²) in [6.45, 7) is 6.77. The van der Waals surface area contributed by atoms with E-state index in [1.54, 1.807) is 6.07 Å². The largest absolute Gasteiger partial charge is 0.373 e. The molecular formula is C33H36Cl2FN9. The molecule has 5 N–H and O–H groups in total. The first-order valence-electron chi connectivity index (χ1n) is 14.6. The van der Waals surface area contributed by atoms with Gasteiger partial charge in [0.2, 0.25) is 0 Å². The lowest BCUT2D eigenvalue weighted by Crippen LogP contribution is -2.41. The first-order valence-corrected chi connectivity index (χ1v) is 15.4. The van der Waals surface area contributed by atoms with E-state index in [9.17, 15) is 9.65 Å². The van der Waals surface area contributed by atoms with Crippen LogP contribution in [0.5, 0.6) is 0 Å². The Kier molecular flexibility index (Phi) is 10.3. The number of rotatable bonds is 12. The van der Waals surface area contributed by atoms with E-state index in [-0.39, 0.29) is 17.1 Å². The lowest BCUT2D eigenvalue weighted by Gasteiger charge is -2.23. The van der Waals surface area contributed by atoms with Gasteiger partial charge in [0.05, 0.1) is 38.6 Å². The molecule has 3 aromatic carbocycles. The summed E-state index contributed by atoms with van der Waals surface area (Å²) in [5.41, 5.74) is 12.2. The third-order valence-corrected chi connectivity index (χ3v) is 7.95. The van der Waals surface area contributed by atoms with Crippen molar-refractivity contribution in [1.82, 2.24) is 31.2 Å². The molecule has 1 atom stereocenters. The number of pyridine rings is 1. The summed E-state index contributed by atoms with van der Waals surface area (Å²) in [5.74, 6) is -0.531. The number of hydrazine groups is 2. The number of nitrogens with one attached hydrogen (secondary N) is 5. The minimum absolute atomic E-state index is 0.0309. The maximum Gasteiger partial charge on any atom is 0.141 e. The molecule has 9 nitrogen and oxygen atoms in total. The topological polar surface area (TPSA) is 103 Å². The van der Waals surface area contributed by atoms with Gasteiger partial charge in [-0.3, -0.25) is 9.99 Å². The van der Waals surface area contributed by atoms with Gasteiger partial charge in [0.1, 0.15) is 11.9 Å². The monoisotopic (exact) mass is 647 g/mol. The number of nitrogens with zero attached hydrogens (tertiary/aromatic N) is 4. The van der Waals surface area contributed by atoms with Crippen molar-refractivity contribution in [2.45, 2.75) is 32.5 Å². The molecule has 0 radical (unpaired) electrons. The van der Waals surface area contributed by atoms with Crippen LogP contribution in [0.4, 0.5) is 21.5 Å². The van der Waals surface area contributed by atoms with Crippen molar-refractivity contribution in [2.75, 3.05) is 37.8 Å². The fourth-order valence-electron chi connectivity index (χ4n) is 4.97. The minimum Gasteiger partial charge on any atom is -0.373 e. The SMILES string of the molecule is CC(C)N1C=C([C@@H](Nc2cc(Cl)c3ncc(C#N)c(Nc4ccc(F)c(Cl)c4)c3c2)c2cccc(CNCCN(C)C)c2)NN1. The van der Waals surface area contributed by atoms with Gasteiger partial charge in [0.15, 0.2) is 0 Å². The molecule has 0 spiro atoms. The zero-order chi connectivity index (χ0) is 32.1. The lowest BCUT2D eigenvalue weighted by atomic mass is 10.0. The summed E-state index contributed by atoms with van der Waals surface area (Å²) in [4.78, 5) is 6.62. The predicted octanol–water partition coefficient (Wildman–Crippen LogP) is 6.67. The highest BCUT2D eigenvalue weighted by Gasteiger charge is 2.24. The quantitative estimate of drug-likeness (QED) is 0.108. The Hall–Kier alpha value is -4.11. The molecule has 5 rings (SSSR count). The molecule has 2 heterocycles. The summed E-state index contributed by atoms with van der Waals surface area (Å²) >= 11 is 12.8. The Morgan fingerprint density at radius 1 is 1.07 bits per heavy atom. The van der Waals surface area contributed by atoms with Gasteiger partial charge in [0, 0.05) is 54.8 Å². The highest BCUT2D eigenvalue weighted by atomic mass is 35.5. The average Bonchev–Trinajstić information content (AvgIpc) is 3.51. The number of fused-ring (bicyclic) bond motifs is 1. The van der Waals surface area contributed by atoms with Gasteiger partial charge < -0.3 is 26.3 Å². The molecule has 0 fully saturated rings. The smallest absolute Gasteiger partial charge is 0.141 e. The molecule has 0 amide bonds. The van der Waals surface area contributed by atoms with Gasteiger partial charge in [-0.25, -0.2) is 4.39 Å². The molecule has 0 unspecified atom stereocenters. The molecule has 1 aromatic heterocycles. The van der Waals surface area contributed by atoms with Crippen LogP contribution < -0.4 is 26.9 Å². The summed E-state index contributed by atoms with van der Waals surface area (Å²) in [6, 6.07) is 18.6. The molecule has 12 heteroatoms. The summed E-state index contributed by atoms with van der Waals surface area (Å²) in [5, 5.41) is 23.3. The number of hydrogen-bond acceptors (Lipinski definition) is 9. The van der Waals surface area contributed by atoms with E-state index in [1.807, 2.05) is 23.3 Å². The highest BCUT2D eigenvalue weighted by molar-refractivity contribution is 6.36. The molecule has 45 heavy (non-hydrogen) atoms. The zero-order valence-corrected chi connectivity index (χ0v) is 27.1. The predicted molar refractivity (Wildman–Crippen MR) is 181 cm³/mol. The van der Waals surface area contributed by atoms with E-state index in [1.165, 1.54) is 18.3 Å². The van der Waals surface area contributed by atoms with Gasteiger partial charge >= 0.3 is 0 Å². The standard InChI is InChI=1S/C33H36Cl2FN9/c1-20(2)45-19-30(42-43-45)32(22-7-5-6-21(12-22)17-38-10-11-44(3)4)41-25-13-26-31(40-24-8-9-29(36)27(34)14-24)23(16-37)18-39-33(26)28(35)15-25/h5-9,12-15,18-20,32,38,41-43H,10-11,17H2,1-4H3,(H,39,40)/t32-/m0/s1. The number of aromatic nitrogens is 1. The van der Waals surface area contributed by atoms with Crippen LogP contribution in [0.25, 0.3) is 10.9 Å². The first-order chi connectivity index (χ1) is 21.6. The van der Waals surface area contributed by atoms with E-state index in [4.69, 9.17) is 23.2 Å². The lowest BCUT2D eigenvalue weighted by molar-refractivity contribution is 0.221. The van der Waals surface area contributed by atoms with Crippen molar-refractivity contribution < 1.29 is 4.39 Å². The molecule has 0 bridgehead atoms. The summed E-state index contributed by atoms with van der Waals surface area (Å²) in [7, 11) is 4.12. The summed E-state index contributed by atoms with van der Waals surface area (Å²) < 4.78 is 13.9. The van der Waals surface area contributed by atoms with Crippen molar-refractivity contribution in [2.24, 2.45) is 0 Å². The number of nitriles is 1. The maximum atomic E-state index is 13.9. The van der Waals surface area contributed by atoms with Gasteiger partial charge in [-0.2, -0.15) is 5.26 Å². The van der Waals surface area contributed by atoms with E-state index in [0.717, 1.165) is 42.1 Å². The molecule has 0 saturated heterocycles. The Morgan fingerprint density at radius 2 is 1.87 bits per heavy atom. The third kappa shape index (κ3) is 7.76. The van der Waals surface area contributed by atoms with Crippen LogP contribution in [0, 0.1) is 17.1 Å². The van der Waals surface area contributed by atoms with Crippen LogP contribution in [0.3, 0.4) is 0 Å². The van der Waals surface area contributed by atoms with E-state index in [0.29, 0.717) is 32.9 Å². The number of benzene rings is 3. The second-order valence-corrected chi connectivity index (χ2v) is 12.2. The van der Waals surface area contributed by atoms with E-state index in [2.05, 4.69) is 95.1 Å². The second kappa shape index (κ2) is 14.3. The van der Waals surface area contributed by atoms with Crippen LogP contribution in [0.2, 0.25) is 10.0 Å². The normalized spacial score (nSPS) is 13.6. The molecular weight excluding hydrogens is 612 g/mol. The highest BCUT2D eigenvalue weighted by Crippen LogP contribution is 2.37. The van der Waals surface area contributed by atoms with Gasteiger partial charge in [-0.1, -0.05) is 47.5 Å². The molecule has 1 aliphatic rings. The van der Waals surface area contributed by atoms with Crippen LogP contribution >= 0.6 is 23.2 Å². The maximum absolute atomic E-state index is 13.9. The Morgan fingerprint density at radius 3 is 2.58 bits per heavy atom. The van der Waals surface area contributed by atoms with E-state index < -0.39 is 5.82 Å². The molecule has 4 aromatic rings. The fourth-order valence-corrected chi connectivity index (χ4v) is 5.42. The number of likely N-dealkylation sites (N-methyl/N-ethyl adjacent to an activating group) is 1. The van der Waals surface area contributed by atoms with Crippen molar-refractivity contribution in [3.05, 3.63) is 105 Å². The van der Waals surface area contributed by atoms with E-state index >= 15 is 0 Å². The van der Waals surface area contributed by atoms with Gasteiger partial charge in [-0.15, -0.1) is 5.53 Å². The summed E-state index contributed by atoms with van der Waals surface area (Å²) in [6.07, 6.45) is 3.52. The third-order valence-electron chi connectivity index (χ3n) is 7.37. The Bertz CT molecular complexity index is 1750. The van der Waals surface area contributed by atoms with Crippen molar-refractivity contribution in [3.63, 3.8) is 0 Å². The van der Waals surface area contributed by atoms with Crippen molar-refractivity contribution >= 4 is 51.2 Å². The fraction of sp³-hybridized carbons (Fsp3) is 0.273. The zero-order valence-electron chi connectivity index (χ0n) is 25.5. The van der Waals surface area contributed by atoms with Crippen molar-refractivity contribution in [3.8, 4) is 6.07 Å². The Balaban J connectivity index is 1.53. The molecule has 0 aliphatic carbocycles. The minimum atomic E-state index is -0.531. The number of anilines is 3. The van der Waals surface area contributed by atoms with Crippen LogP contribution in [0.15, 0.2) is 72.7 Å². The molecule has 0 saturated carbocycles.